The summed E-state index contributed by atoms with van der Waals surface area (Å²) in [4.78, 5) is 16.2. The van der Waals surface area contributed by atoms with Crippen molar-refractivity contribution >= 4 is 10.8 Å². The normalized spacial score (nSPS) is 14.1. The molecule has 1 aliphatic rings. The lowest BCUT2D eigenvalue weighted by Crippen LogP contribution is -2.37. The van der Waals surface area contributed by atoms with E-state index in [0.717, 1.165) is 79.3 Å². The van der Waals surface area contributed by atoms with Crippen LogP contribution < -0.4 is 5.56 Å². The van der Waals surface area contributed by atoms with Gasteiger partial charge >= 0.3 is 0 Å². The summed E-state index contributed by atoms with van der Waals surface area (Å²) in [5, 5.41) is 6.03. The number of hydrogen-bond donors (Lipinski definition) is 0. The predicted molar refractivity (Wildman–Crippen MR) is 139 cm³/mol. The molecule has 4 aromatic rings. The van der Waals surface area contributed by atoms with Crippen LogP contribution in [0.25, 0.3) is 16.5 Å². The SMILES string of the molecule is CCc1cc2cccc(C#Cc3cnn(C)c3CCN3CCOCC3)c2c(=O)n1-c1ccccc1. The third kappa shape index (κ3) is 4.79. The van der Waals surface area contributed by atoms with Crippen LogP contribution in [-0.2, 0) is 24.6 Å². The molecular weight excluding hydrogens is 436 g/mol. The summed E-state index contributed by atoms with van der Waals surface area (Å²) in [6, 6.07) is 17.8. The smallest absolute Gasteiger partial charge is 0.264 e. The summed E-state index contributed by atoms with van der Waals surface area (Å²) in [6.07, 6.45) is 3.46. The average Bonchev–Trinajstić information content (AvgIpc) is 3.25. The summed E-state index contributed by atoms with van der Waals surface area (Å²) in [5.41, 5.74) is 4.58. The van der Waals surface area contributed by atoms with Crippen LogP contribution in [-0.4, -0.2) is 52.1 Å². The summed E-state index contributed by atoms with van der Waals surface area (Å²) in [5.74, 6) is 6.62. The fourth-order valence-corrected chi connectivity index (χ4v) is 4.73. The quantitative estimate of drug-likeness (QED) is 0.422. The summed E-state index contributed by atoms with van der Waals surface area (Å²) in [7, 11) is 1.96. The molecule has 0 saturated carbocycles. The fraction of sp³-hybridized carbons (Fsp3) is 0.310. The lowest BCUT2D eigenvalue weighted by molar-refractivity contribution is 0.0382. The van der Waals surface area contributed by atoms with E-state index in [1.807, 2.05) is 71.0 Å². The third-order valence-electron chi connectivity index (χ3n) is 6.66. The molecule has 2 aromatic carbocycles. The van der Waals surface area contributed by atoms with Gasteiger partial charge in [0.15, 0.2) is 0 Å². The number of benzene rings is 2. The summed E-state index contributed by atoms with van der Waals surface area (Å²) < 4.78 is 9.18. The number of aryl methyl sites for hydroxylation is 2. The molecule has 0 N–H and O–H groups in total. The molecule has 1 fully saturated rings. The highest BCUT2D eigenvalue weighted by Gasteiger charge is 2.14. The molecule has 0 atom stereocenters. The Kier molecular flexibility index (Phi) is 6.80. The second-order valence-corrected chi connectivity index (χ2v) is 8.82. The molecule has 0 spiro atoms. The number of morpholine rings is 1. The van der Waals surface area contributed by atoms with E-state index in [9.17, 15) is 4.79 Å². The molecule has 0 bridgehead atoms. The number of fused-ring (bicyclic) bond motifs is 1. The molecule has 5 rings (SSSR count). The van der Waals surface area contributed by atoms with Gasteiger partial charge in [0.2, 0.25) is 0 Å². The maximum Gasteiger partial charge on any atom is 0.264 e. The van der Waals surface area contributed by atoms with Gasteiger partial charge in [-0.2, -0.15) is 5.10 Å². The molecule has 0 aliphatic carbocycles. The van der Waals surface area contributed by atoms with E-state index in [1.165, 1.54) is 0 Å². The van der Waals surface area contributed by atoms with Gasteiger partial charge in [0, 0.05) is 50.0 Å². The van der Waals surface area contributed by atoms with Crippen LogP contribution in [0.3, 0.4) is 0 Å². The van der Waals surface area contributed by atoms with E-state index in [-0.39, 0.29) is 5.56 Å². The van der Waals surface area contributed by atoms with Gasteiger partial charge in [0.1, 0.15) is 0 Å². The number of hydrogen-bond acceptors (Lipinski definition) is 4. The minimum Gasteiger partial charge on any atom is -0.379 e. The van der Waals surface area contributed by atoms with Crippen molar-refractivity contribution < 1.29 is 4.74 Å². The van der Waals surface area contributed by atoms with Gasteiger partial charge in [-0.05, 0) is 36.1 Å². The molecule has 0 radical (unpaired) electrons. The van der Waals surface area contributed by atoms with Crippen molar-refractivity contribution in [3.05, 3.63) is 93.7 Å². The molecule has 1 aliphatic heterocycles. The third-order valence-corrected chi connectivity index (χ3v) is 6.66. The van der Waals surface area contributed by atoms with Crippen molar-refractivity contribution in [2.24, 2.45) is 7.05 Å². The van der Waals surface area contributed by atoms with Gasteiger partial charge in [-0.15, -0.1) is 0 Å². The standard InChI is InChI=1S/C29H30N4O2/c1-3-25-20-23-9-7-8-22(28(23)29(34)33(25)26-10-5-4-6-11-26)12-13-24-21-30-31(2)27(24)14-15-32-16-18-35-19-17-32/h4-11,20-21H,3,14-19H2,1-2H3. The van der Waals surface area contributed by atoms with Crippen LogP contribution in [0.4, 0.5) is 0 Å². The number of ether oxygens (including phenoxy) is 1. The first-order valence-corrected chi connectivity index (χ1v) is 12.2. The lowest BCUT2D eigenvalue weighted by Gasteiger charge is -2.26. The molecule has 0 unspecified atom stereocenters. The van der Waals surface area contributed by atoms with Crippen molar-refractivity contribution in [3.63, 3.8) is 0 Å². The Morgan fingerprint density at radius 1 is 1.00 bits per heavy atom. The Labute approximate surface area is 205 Å². The highest BCUT2D eigenvalue weighted by Crippen LogP contribution is 2.20. The van der Waals surface area contributed by atoms with Gasteiger partial charge in [0.05, 0.1) is 36.1 Å². The van der Waals surface area contributed by atoms with Crippen LogP contribution in [0.5, 0.6) is 0 Å². The summed E-state index contributed by atoms with van der Waals surface area (Å²) >= 11 is 0. The topological polar surface area (TPSA) is 52.3 Å². The average molecular weight is 467 g/mol. The van der Waals surface area contributed by atoms with E-state index in [2.05, 4.69) is 34.8 Å². The van der Waals surface area contributed by atoms with Gasteiger partial charge < -0.3 is 4.74 Å². The van der Waals surface area contributed by atoms with Crippen molar-refractivity contribution in [2.75, 3.05) is 32.8 Å². The zero-order valence-corrected chi connectivity index (χ0v) is 20.3. The molecule has 35 heavy (non-hydrogen) atoms. The Morgan fingerprint density at radius 3 is 2.54 bits per heavy atom. The zero-order chi connectivity index (χ0) is 24.2. The minimum absolute atomic E-state index is 0.0332. The van der Waals surface area contributed by atoms with Crippen molar-refractivity contribution in [3.8, 4) is 17.5 Å². The first-order chi connectivity index (χ1) is 17.2. The van der Waals surface area contributed by atoms with Crippen molar-refractivity contribution in [2.45, 2.75) is 19.8 Å². The first kappa shape index (κ1) is 23.1. The van der Waals surface area contributed by atoms with E-state index in [4.69, 9.17) is 4.74 Å². The van der Waals surface area contributed by atoms with Crippen molar-refractivity contribution in [1.29, 1.82) is 0 Å². The maximum atomic E-state index is 13.8. The van der Waals surface area contributed by atoms with Crippen LogP contribution in [0.2, 0.25) is 0 Å². The molecule has 0 amide bonds. The van der Waals surface area contributed by atoms with E-state index >= 15 is 0 Å². The molecule has 2 aromatic heterocycles. The van der Waals surface area contributed by atoms with E-state index in [0.29, 0.717) is 5.39 Å². The number of rotatable bonds is 5. The Morgan fingerprint density at radius 2 is 1.77 bits per heavy atom. The molecular formula is C29H30N4O2. The number of para-hydroxylation sites is 1. The maximum absolute atomic E-state index is 13.8. The predicted octanol–water partition coefficient (Wildman–Crippen LogP) is 3.56. The van der Waals surface area contributed by atoms with Gasteiger partial charge in [-0.1, -0.05) is 49.1 Å². The van der Waals surface area contributed by atoms with Gasteiger partial charge in [-0.25, -0.2) is 0 Å². The largest absolute Gasteiger partial charge is 0.379 e. The van der Waals surface area contributed by atoms with Crippen molar-refractivity contribution in [1.82, 2.24) is 19.2 Å². The highest BCUT2D eigenvalue weighted by atomic mass is 16.5. The number of aromatic nitrogens is 3. The van der Waals surface area contributed by atoms with Gasteiger partial charge in [-0.3, -0.25) is 18.9 Å². The Bertz CT molecular complexity index is 1450. The fourth-order valence-electron chi connectivity index (χ4n) is 4.73. The monoisotopic (exact) mass is 466 g/mol. The molecule has 3 heterocycles. The number of pyridine rings is 1. The lowest BCUT2D eigenvalue weighted by atomic mass is 10.0. The number of nitrogens with zero attached hydrogens (tertiary/aromatic N) is 4. The van der Waals surface area contributed by atoms with Crippen LogP contribution in [0.1, 0.15) is 29.4 Å². The van der Waals surface area contributed by atoms with Crippen LogP contribution in [0.15, 0.2) is 65.6 Å². The van der Waals surface area contributed by atoms with Crippen LogP contribution >= 0.6 is 0 Å². The van der Waals surface area contributed by atoms with Crippen LogP contribution in [0, 0.1) is 11.8 Å². The second-order valence-electron chi connectivity index (χ2n) is 8.82. The Hall–Kier alpha value is -3.66. The molecule has 178 valence electrons. The second kappa shape index (κ2) is 10.3. The first-order valence-electron chi connectivity index (χ1n) is 12.2. The van der Waals surface area contributed by atoms with E-state index < -0.39 is 0 Å². The van der Waals surface area contributed by atoms with E-state index in [1.54, 1.807) is 0 Å². The molecule has 6 heteroatoms. The molecule has 1 saturated heterocycles. The Balaban J connectivity index is 1.53. The van der Waals surface area contributed by atoms with Gasteiger partial charge in [0.25, 0.3) is 5.56 Å². The minimum atomic E-state index is -0.0332. The zero-order valence-electron chi connectivity index (χ0n) is 20.3. The molecule has 6 nitrogen and oxygen atoms in total. The summed E-state index contributed by atoms with van der Waals surface area (Å²) in [6.45, 7) is 6.53. The highest BCUT2D eigenvalue weighted by molar-refractivity contribution is 5.88.